The molecule has 4 heterocycles. The molecule has 2 amide bonds. The molecule has 2 aliphatic heterocycles. The topological polar surface area (TPSA) is 232 Å². The summed E-state index contributed by atoms with van der Waals surface area (Å²) in [5, 5.41) is 15.3. The number of rotatable bonds is 11. The van der Waals surface area contributed by atoms with E-state index in [0.717, 1.165) is 30.3 Å². The Hall–Kier alpha value is -3.84. The molecular formula is C49H52F8K2N4O13P+. The van der Waals surface area contributed by atoms with E-state index in [1.165, 1.54) is 24.5 Å². The number of pyridine rings is 2. The summed E-state index contributed by atoms with van der Waals surface area (Å²) in [6.45, 7) is 8.79. The monoisotopic (exact) mass is 1170 g/mol. The van der Waals surface area contributed by atoms with Crippen molar-refractivity contribution < 1.29 is 200 Å². The Bertz CT molecular complexity index is 2710. The first-order valence-electron chi connectivity index (χ1n) is 22.1. The molecule has 2 saturated heterocycles. The maximum atomic E-state index is 14.4. The third-order valence-electron chi connectivity index (χ3n) is 10.5. The smallest absolute Gasteiger partial charge is 0.565 e. The fourth-order valence-electron chi connectivity index (χ4n) is 7.32. The summed E-state index contributed by atoms with van der Waals surface area (Å²) in [5.41, 5.74) is -2.35. The van der Waals surface area contributed by atoms with Gasteiger partial charge in [0.15, 0.2) is 64.4 Å². The maximum Gasteiger partial charge on any atom is 1.00 e. The van der Waals surface area contributed by atoms with Gasteiger partial charge in [-0.05, 0) is 90.3 Å². The second kappa shape index (κ2) is 31.8. The number of aromatic nitrogens is 2. The third kappa shape index (κ3) is 21.6. The van der Waals surface area contributed by atoms with Gasteiger partial charge in [0.1, 0.15) is 17.4 Å². The number of carbonyl (C=O) groups excluding carboxylic acids is 5. The molecule has 2 aromatic carbocycles. The van der Waals surface area contributed by atoms with Gasteiger partial charge in [0.25, 0.3) is 0 Å². The van der Waals surface area contributed by atoms with Gasteiger partial charge in [-0.1, -0.05) is 6.07 Å². The summed E-state index contributed by atoms with van der Waals surface area (Å²) < 4.78 is 145. The van der Waals surface area contributed by atoms with Gasteiger partial charge in [-0.2, -0.15) is 0 Å². The number of benzene rings is 2. The quantitative estimate of drug-likeness (QED) is 0.0568. The van der Waals surface area contributed by atoms with Crippen LogP contribution in [0.25, 0.3) is 6.08 Å². The molecule has 2 aromatic heterocycles. The first-order valence-corrected chi connectivity index (χ1v) is 23.8. The van der Waals surface area contributed by atoms with Gasteiger partial charge in [0, 0.05) is 92.8 Å². The Kier molecular flexibility index (Phi) is 29.4. The van der Waals surface area contributed by atoms with E-state index in [1.807, 2.05) is 0 Å². The molecule has 1 N–H and O–H groups in total. The number of Topliss-reactive ketones (excluding diaryl/α,β-unsaturated/α-hetero) is 1. The Balaban J connectivity index is 0.000000619. The molecule has 408 valence electrons. The number of nitrogens with zero attached hydrogens (tertiary/aromatic N) is 4. The zero-order chi connectivity index (χ0) is 56.7. The van der Waals surface area contributed by atoms with Crippen LogP contribution >= 0.6 is 7.60 Å². The van der Waals surface area contributed by atoms with E-state index < -0.39 is 143 Å². The number of hydrogen-bond acceptors (Lipinski definition) is 14. The summed E-state index contributed by atoms with van der Waals surface area (Å²) in [5.74, 6) is -16.3. The van der Waals surface area contributed by atoms with Gasteiger partial charge in [-0.3, -0.25) is 38.7 Å². The van der Waals surface area contributed by atoms with Crippen LogP contribution in [0.3, 0.4) is 0 Å². The first-order chi connectivity index (χ1) is 34.9. The number of likely N-dealkylation sites (tertiary alicyclic amines) is 2. The van der Waals surface area contributed by atoms with E-state index in [2.05, 4.69) is 9.97 Å². The minimum Gasteiger partial charge on any atom is -0.565 e. The second-order valence-electron chi connectivity index (χ2n) is 18.2. The average Bonchev–Trinajstić information content (AvgIpc) is 3.99. The van der Waals surface area contributed by atoms with Crippen molar-refractivity contribution in [3.63, 3.8) is 0 Å². The van der Waals surface area contributed by atoms with Crippen molar-refractivity contribution >= 4 is 49.9 Å². The summed E-state index contributed by atoms with van der Waals surface area (Å²) in [6, 6.07) is 4.55. The van der Waals surface area contributed by atoms with Gasteiger partial charge < -0.3 is 33.5 Å². The zero-order valence-electron chi connectivity index (χ0n) is 43.5. The Morgan fingerprint density at radius 2 is 1.05 bits per heavy atom. The van der Waals surface area contributed by atoms with Crippen LogP contribution in [-0.4, -0.2) is 118 Å². The summed E-state index contributed by atoms with van der Waals surface area (Å²) in [4.78, 5) is 79.1. The number of hydrogen-bond donors (Lipinski definition) is 1. The number of carbonyl (C=O) groups is 6. The minimum absolute atomic E-state index is 0. The predicted octanol–water partition coefficient (Wildman–Crippen LogP) is 3.19. The van der Waals surface area contributed by atoms with Gasteiger partial charge in [-0.15, -0.1) is 0 Å². The molecule has 6 rings (SSSR count). The number of carboxylic acid groups (broad SMARTS) is 2. The van der Waals surface area contributed by atoms with E-state index >= 15 is 0 Å². The SMILES string of the molecule is CC(C)(C)OC(=O)N1C[C@@H](c2c(F)c(F)cc(F)c2F)CC1C(=O)/C=C/c1cccnc1.COP(=O)(CC(=O)C1C[C@H](c2c(F)c(F)cc(F)c2F)CN1C(=O)OC(C)(C)C)OC.O=C([O-])O.O=Cc1cccnc1.[K+].[K+]. The number of amides is 2. The van der Waals surface area contributed by atoms with Crippen LogP contribution in [0.15, 0.2) is 67.3 Å². The normalized spacial score (nSPS) is 16.9. The zero-order valence-corrected chi connectivity index (χ0v) is 50.6. The number of ether oxygens (including phenoxy) is 2. The maximum absolute atomic E-state index is 14.4. The molecule has 17 nitrogen and oxygen atoms in total. The van der Waals surface area contributed by atoms with Crippen LogP contribution in [0.1, 0.15) is 93.3 Å². The van der Waals surface area contributed by atoms with E-state index in [4.69, 9.17) is 33.5 Å². The minimum atomic E-state index is -3.81. The number of aldehydes is 1. The van der Waals surface area contributed by atoms with Crippen molar-refractivity contribution in [2.45, 2.75) is 89.5 Å². The molecule has 0 radical (unpaired) electrons. The average molecular weight is 1170 g/mol. The van der Waals surface area contributed by atoms with Crippen molar-refractivity contribution in [1.29, 1.82) is 0 Å². The fourth-order valence-corrected chi connectivity index (χ4v) is 8.32. The van der Waals surface area contributed by atoms with Crippen molar-refractivity contribution in [3.8, 4) is 0 Å². The fraction of sp³-hybridized carbons (Fsp3) is 0.388. The Morgan fingerprint density at radius 3 is 1.38 bits per heavy atom. The summed E-state index contributed by atoms with van der Waals surface area (Å²) >= 11 is 0. The molecule has 0 saturated carbocycles. The van der Waals surface area contributed by atoms with Crippen LogP contribution in [0.2, 0.25) is 0 Å². The third-order valence-corrected chi connectivity index (χ3v) is 12.3. The molecule has 77 heavy (non-hydrogen) atoms. The summed E-state index contributed by atoms with van der Waals surface area (Å²) in [7, 11) is -1.67. The van der Waals surface area contributed by atoms with E-state index in [9.17, 15) is 63.7 Å². The van der Waals surface area contributed by atoms with E-state index in [0.29, 0.717) is 11.1 Å². The van der Waals surface area contributed by atoms with Crippen LogP contribution in [0, 0.1) is 46.5 Å². The van der Waals surface area contributed by atoms with Gasteiger partial charge >= 0.3 is 123 Å². The first kappa shape index (κ1) is 71.2. The molecular weight excluding hydrogens is 1110 g/mol. The van der Waals surface area contributed by atoms with Crippen LogP contribution in [0.5, 0.6) is 0 Å². The Labute approximate surface area is 522 Å². The van der Waals surface area contributed by atoms with Crippen LogP contribution in [-0.2, 0) is 32.7 Å². The number of ketones is 2. The number of halogens is 8. The molecule has 2 unspecified atom stereocenters. The molecule has 2 aliphatic rings. The Morgan fingerprint density at radius 1 is 0.688 bits per heavy atom. The molecule has 4 aromatic rings. The van der Waals surface area contributed by atoms with Crippen LogP contribution in [0.4, 0.5) is 49.5 Å². The van der Waals surface area contributed by atoms with Crippen LogP contribution < -0.4 is 108 Å². The summed E-state index contributed by atoms with van der Waals surface area (Å²) in [6.07, 6.45) is 4.46. The molecule has 2 fully saturated rings. The molecule has 4 atom stereocenters. The predicted molar refractivity (Wildman–Crippen MR) is 248 cm³/mol. The molecule has 0 bridgehead atoms. The molecule has 28 heteroatoms. The van der Waals surface area contributed by atoms with Crippen molar-refractivity contribution in [2.24, 2.45) is 0 Å². The van der Waals surface area contributed by atoms with Gasteiger partial charge in [0.2, 0.25) is 6.16 Å². The molecule has 0 aliphatic carbocycles. The van der Waals surface area contributed by atoms with Gasteiger partial charge in [0.05, 0.1) is 12.1 Å². The molecule has 0 spiro atoms. The van der Waals surface area contributed by atoms with Crippen molar-refractivity contribution in [2.75, 3.05) is 33.5 Å². The van der Waals surface area contributed by atoms with Crippen molar-refractivity contribution in [1.82, 2.24) is 19.8 Å². The van der Waals surface area contributed by atoms with E-state index in [-0.39, 0.29) is 134 Å². The van der Waals surface area contributed by atoms with Crippen molar-refractivity contribution in [3.05, 3.63) is 136 Å². The largest absolute Gasteiger partial charge is 1.00 e. The standard InChI is InChI=1S/C23H22F4N2O3.C19H24F4NO6P.C6H5NO.CH2O3.2K/c1-23(2,3)32-22(31)29-12-14(19-20(26)15(24)10-16(25)21(19)27)9-17(29)18(30)7-6-13-5-4-8-28-11-13;1-19(2,3)30-18(26)24-8-10(15-16(22)11(20)7-12(21)17(15)23)6-13(24)14(25)9-31(27,28-4)29-5;8-5-6-2-1-3-7-4-6;2-1(3)4;;/h4-8,10-11,14,17H,9,12H2,1-3H3;7,10,13H,6,8-9H2,1-5H3;1-5H;(H2,2,3,4);;/q;;;;2*+1/p-1/b7-6+;;;;;/t14-,17?;10-,13?;;;;/m00..../s1. The second-order valence-corrected chi connectivity index (χ2v) is 20.5. The van der Waals surface area contributed by atoms with E-state index in [1.54, 1.807) is 78.2 Å². The van der Waals surface area contributed by atoms with Gasteiger partial charge in [-0.25, -0.2) is 44.7 Å².